The lowest BCUT2D eigenvalue weighted by molar-refractivity contribution is -0.113. The van der Waals surface area contributed by atoms with Gasteiger partial charge in [0.15, 0.2) is 5.16 Å². The Morgan fingerprint density at radius 1 is 1.16 bits per heavy atom. The number of nitrogens with one attached hydrogen (secondary N) is 1. The van der Waals surface area contributed by atoms with Gasteiger partial charge in [-0.3, -0.25) is 18.6 Å². The number of para-hydroxylation sites is 1. The van der Waals surface area contributed by atoms with Gasteiger partial charge in [-0.2, -0.15) is 5.10 Å². The van der Waals surface area contributed by atoms with Crippen molar-refractivity contribution >= 4 is 40.2 Å². The van der Waals surface area contributed by atoms with Crippen LogP contribution in [0.1, 0.15) is 46.1 Å². The molecule has 0 atom stereocenters. The number of hydrogen-bond acceptors (Lipinski definition) is 6. The molecule has 1 N–H and O–H groups in total. The highest BCUT2D eigenvalue weighted by Crippen LogP contribution is 2.22. The summed E-state index contributed by atoms with van der Waals surface area (Å²) in [4.78, 5) is 25.7. The van der Waals surface area contributed by atoms with E-state index in [1.807, 2.05) is 42.5 Å². The van der Waals surface area contributed by atoms with E-state index in [1.54, 1.807) is 21.5 Å². The minimum absolute atomic E-state index is 0.0622. The van der Waals surface area contributed by atoms with Gasteiger partial charge < -0.3 is 5.32 Å². The van der Waals surface area contributed by atoms with Gasteiger partial charge in [-0.25, -0.2) is 4.68 Å². The maximum atomic E-state index is 13.1. The molecular formula is C22H27N7O2S. The molecule has 0 aliphatic heterocycles. The second kappa shape index (κ2) is 9.56. The van der Waals surface area contributed by atoms with Crippen LogP contribution >= 0.6 is 11.8 Å². The molecule has 4 aromatic rings. The summed E-state index contributed by atoms with van der Waals surface area (Å²) < 4.78 is 5.33. The Kier molecular flexibility index (Phi) is 6.59. The zero-order valence-electron chi connectivity index (χ0n) is 18.5. The SMILES string of the molecule is CCCCCn1c(=O)c2ccccc2n2c(SCC(=O)Nc3ccnn3C(C)C)nnc12. The molecule has 9 nitrogen and oxygen atoms in total. The van der Waals surface area contributed by atoms with Crippen molar-refractivity contribution in [2.45, 2.75) is 57.8 Å². The molecule has 0 bridgehead atoms. The van der Waals surface area contributed by atoms with Crippen LogP contribution in [0.25, 0.3) is 16.7 Å². The first kappa shape index (κ1) is 22.1. The summed E-state index contributed by atoms with van der Waals surface area (Å²) in [5.41, 5.74) is 0.679. The summed E-state index contributed by atoms with van der Waals surface area (Å²) in [5.74, 6) is 1.17. The summed E-state index contributed by atoms with van der Waals surface area (Å²) in [6.45, 7) is 6.73. The molecule has 0 radical (unpaired) electrons. The number of carbonyl (C=O) groups is 1. The van der Waals surface area contributed by atoms with Crippen LogP contribution in [0.2, 0.25) is 0 Å². The number of anilines is 1. The Morgan fingerprint density at radius 3 is 2.75 bits per heavy atom. The van der Waals surface area contributed by atoms with E-state index in [0.29, 0.717) is 28.7 Å². The average molecular weight is 454 g/mol. The number of carbonyl (C=O) groups excluding carboxylic acids is 1. The van der Waals surface area contributed by atoms with Crippen LogP contribution in [-0.2, 0) is 11.3 Å². The van der Waals surface area contributed by atoms with Gasteiger partial charge in [0.1, 0.15) is 5.82 Å². The van der Waals surface area contributed by atoms with Crippen LogP contribution in [0, 0.1) is 0 Å². The minimum atomic E-state index is -0.158. The van der Waals surface area contributed by atoms with E-state index in [2.05, 4.69) is 27.5 Å². The van der Waals surface area contributed by atoms with E-state index < -0.39 is 0 Å². The first-order valence-corrected chi connectivity index (χ1v) is 11.8. The fourth-order valence-electron chi connectivity index (χ4n) is 3.68. The van der Waals surface area contributed by atoms with Crippen molar-refractivity contribution in [2.75, 3.05) is 11.1 Å². The van der Waals surface area contributed by atoms with E-state index in [-0.39, 0.29) is 23.3 Å². The van der Waals surface area contributed by atoms with E-state index in [1.165, 1.54) is 11.8 Å². The third-order valence-electron chi connectivity index (χ3n) is 5.22. The smallest absolute Gasteiger partial charge is 0.262 e. The van der Waals surface area contributed by atoms with Gasteiger partial charge in [0.25, 0.3) is 5.56 Å². The summed E-state index contributed by atoms with van der Waals surface area (Å²) in [5, 5.41) is 16.9. The van der Waals surface area contributed by atoms with Crippen molar-refractivity contribution in [1.82, 2.24) is 28.9 Å². The molecule has 4 rings (SSSR count). The van der Waals surface area contributed by atoms with Gasteiger partial charge in [-0.05, 0) is 32.4 Å². The van der Waals surface area contributed by atoms with Crippen molar-refractivity contribution in [3.05, 3.63) is 46.9 Å². The second-order valence-corrected chi connectivity index (χ2v) is 8.83. The number of hydrogen-bond donors (Lipinski definition) is 1. The normalized spacial score (nSPS) is 11.6. The van der Waals surface area contributed by atoms with E-state index >= 15 is 0 Å². The second-order valence-electron chi connectivity index (χ2n) is 7.89. The third kappa shape index (κ3) is 4.27. The Bertz CT molecular complexity index is 1300. The summed E-state index contributed by atoms with van der Waals surface area (Å²) in [7, 11) is 0. The summed E-state index contributed by atoms with van der Waals surface area (Å²) >= 11 is 1.29. The largest absolute Gasteiger partial charge is 0.310 e. The first-order valence-electron chi connectivity index (χ1n) is 10.8. The molecule has 0 spiro atoms. The van der Waals surface area contributed by atoms with E-state index in [0.717, 1.165) is 24.8 Å². The lowest BCUT2D eigenvalue weighted by Crippen LogP contribution is -2.23. The van der Waals surface area contributed by atoms with Gasteiger partial charge in [-0.15, -0.1) is 10.2 Å². The number of unbranched alkanes of at least 4 members (excludes halogenated alkanes) is 2. The topological polar surface area (TPSA) is 99.1 Å². The molecule has 0 aliphatic rings. The van der Waals surface area contributed by atoms with Gasteiger partial charge in [0, 0.05) is 18.7 Å². The predicted octanol–water partition coefficient (Wildman–Crippen LogP) is 3.74. The van der Waals surface area contributed by atoms with Crippen molar-refractivity contribution < 1.29 is 4.79 Å². The van der Waals surface area contributed by atoms with Crippen molar-refractivity contribution in [3.8, 4) is 0 Å². The number of nitrogens with zero attached hydrogens (tertiary/aromatic N) is 6. The van der Waals surface area contributed by atoms with Gasteiger partial charge in [0.05, 0.1) is 22.9 Å². The molecule has 3 aromatic heterocycles. The molecule has 1 amide bonds. The fourth-order valence-corrected chi connectivity index (χ4v) is 4.42. The van der Waals surface area contributed by atoms with Crippen LogP contribution in [0.4, 0.5) is 5.82 Å². The molecule has 3 heterocycles. The molecule has 0 aliphatic carbocycles. The molecule has 1 aromatic carbocycles. The van der Waals surface area contributed by atoms with Crippen LogP contribution in [0.3, 0.4) is 0 Å². The molecule has 0 saturated carbocycles. The van der Waals surface area contributed by atoms with Crippen LogP contribution in [-0.4, -0.2) is 40.6 Å². The van der Waals surface area contributed by atoms with E-state index in [4.69, 9.17) is 0 Å². The number of benzene rings is 1. The highest BCUT2D eigenvalue weighted by molar-refractivity contribution is 7.99. The Labute approximate surface area is 189 Å². The highest BCUT2D eigenvalue weighted by Gasteiger charge is 2.18. The Hall–Kier alpha value is -3.14. The lowest BCUT2D eigenvalue weighted by Gasteiger charge is -2.12. The van der Waals surface area contributed by atoms with Crippen molar-refractivity contribution in [2.24, 2.45) is 0 Å². The fraction of sp³-hybridized carbons (Fsp3) is 0.409. The van der Waals surface area contributed by atoms with Gasteiger partial charge in [0.2, 0.25) is 11.7 Å². The minimum Gasteiger partial charge on any atom is -0.310 e. The van der Waals surface area contributed by atoms with Crippen LogP contribution < -0.4 is 10.9 Å². The van der Waals surface area contributed by atoms with Crippen molar-refractivity contribution in [3.63, 3.8) is 0 Å². The number of rotatable bonds is 9. The van der Waals surface area contributed by atoms with Crippen LogP contribution in [0.15, 0.2) is 46.5 Å². The zero-order valence-corrected chi connectivity index (χ0v) is 19.3. The maximum Gasteiger partial charge on any atom is 0.262 e. The third-order valence-corrected chi connectivity index (χ3v) is 6.15. The molecule has 10 heteroatoms. The Morgan fingerprint density at radius 2 is 1.97 bits per heavy atom. The summed E-state index contributed by atoms with van der Waals surface area (Å²) in [6.07, 6.45) is 4.66. The molecule has 0 saturated heterocycles. The molecule has 0 fully saturated rings. The quantitative estimate of drug-likeness (QED) is 0.306. The highest BCUT2D eigenvalue weighted by atomic mass is 32.2. The van der Waals surface area contributed by atoms with E-state index in [9.17, 15) is 9.59 Å². The van der Waals surface area contributed by atoms with Gasteiger partial charge in [-0.1, -0.05) is 43.7 Å². The van der Waals surface area contributed by atoms with Crippen LogP contribution in [0.5, 0.6) is 0 Å². The predicted molar refractivity (Wildman–Crippen MR) is 126 cm³/mol. The summed E-state index contributed by atoms with van der Waals surface area (Å²) in [6, 6.07) is 9.36. The molecule has 168 valence electrons. The zero-order chi connectivity index (χ0) is 22.7. The number of aromatic nitrogens is 6. The monoisotopic (exact) mass is 453 g/mol. The number of fused-ring (bicyclic) bond motifs is 3. The molecule has 32 heavy (non-hydrogen) atoms. The number of thioether (sulfide) groups is 1. The average Bonchev–Trinajstić information content (AvgIpc) is 3.42. The molecular weight excluding hydrogens is 426 g/mol. The van der Waals surface area contributed by atoms with Gasteiger partial charge >= 0.3 is 0 Å². The number of aryl methyl sites for hydroxylation is 1. The molecule has 0 unspecified atom stereocenters. The van der Waals surface area contributed by atoms with Crippen molar-refractivity contribution in [1.29, 1.82) is 0 Å². The Balaban J connectivity index is 1.63. The maximum absolute atomic E-state index is 13.1. The number of amides is 1. The lowest BCUT2D eigenvalue weighted by atomic mass is 10.2. The standard InChI is InChI=1S/C22H27N7O2S/c1-4-5-8-13-27-20(31)16-9-6-7-10-17(16)28-21(27)25-26-22(28)32-14-19(30)24-18-11-12-23-29(18)15(2)3/h6-7,9-12,15H,4-5,8,13-14H2,1-3H3,(H,24,30). The first-order chi connectivity index (χ1) is 15.5.